The van der Waals surface area contributed by atoms with Crippen molar-refractivity contribution in [2.75, 3.05) is 5.32 Å². The van der Waals surface area contributed by atoms with Gasteiger partial charge in [0.05, 0.1) is 24.3 Å². The van der Waals surface area contributed by atoms with Gasteiger partial charge >= 0.3 is 0 Å². The molecule has 1 saturated carbocycles. The number of hydrogen-bond donors (Lipinski definition) is 4. The Morgan fingerprint density at radius 3 is 2.79 bits per heavy atom. The van der Waals surface area contributed by atoms with Crippen molar-refractivity contribution in [1.82, 2.24) is 29.1 Å². The molecule has 1 aromatic carbocycles. The zero-order chi connectivity index (χ0) is 23.2. The molecular formula is C23H19FN8O2. The fourth-order valence-electron chi connectivity index (χ4n) is 3.65. The molecular weight excluding hydrogens is 439 g/mol. The Bertz CT molecular complexity index is 1630. The van der Waals surface area contributed by atoms with E-state index in [9.17, 15) is 14.6 Å². The van der Waals surface area contributed by atoms with Crippen LogP contribution in [-0.4, -0.2) is 45.4 Å². The standard InChI is InChI=1S/C23H19FN8O2/c24-17-9-16(31-6-5-25-12-31)3-4-18(17)28-19-10-20(27-15-1-2-15)32-22(29-19)14(11-26-32)7-13-8-21(33)30-23(13)34/h3-12,15,28,30,33-34H,1-2H2. The molecule has 1 aliphatic carbocycles. The van der Waals surface area contributed by atoms with E-state index in [4.69, 9.17) is 4.99 Å². The summed E-state index contributed by atoms with van der Waals surface area (Å²) in [4.78, 5) is 15.8. The van der Waals surface area contributed by atoms with Gasteiger partial charge in [0.25, 0.3) is 0 Å². The topological polar surface area (TPSA) is 129 Å². The van der Waals surface area contributed by atoms with Gasteiger partial charge in [-0.15, -0.1) is 0 Å². The van der Waals surface area contributed by atoms with Crippen LogP contribution in [0.2, 0.25) is 0 Å². The average molecular weight is 458 g/mol. The number of nitrogens with zero attached hydrogens (tertiary/aromatic N) is 6. The fraction of sp³-hybridized carbons (Fsp3) is 0.130. The van der Waals surface area contributed by atoms with Crippen molar-refractivity contribution >= 4 is 23.2 Å². The predicted molar refractivity (Wildman–Crippen MR) is 121 cm³/mol. The molecule has 1 aliphatic rings. The van der Waals surface area contributed by atoms with Gasteiger partial charge in [-0.3, -0.25) is 9.98 Å². The molecule has 0 bridgehead atoms. The van der Waals surface area contributed by atoms with Crippen LogP contribution < -0.4 is 16.0 Å². The summed E-state index contributed by atoms with van der Waals surface area (Å²) in [6.07, 6.45) is 10.2. The molecule has 0 aliphatic heterocycles. The van der Waals surface area contributed by atoms with Crippen molar-refractivity contribution in [1.29, 1.82) is 0 Å². The van der Waals surface area contributed by atoms with Crippen molar-refractivity contribution < 1.29 is 14.6 Å². The summed E-state index contributed by atoms with van der Waals surface area (Å²) in [5, 5.41) is 27.6. The number of H-pyrrole nitrogens is 1. The summed E-state index contributed by atoms with van der Waals surface area (Å²) in [6.45, 7) is 0. The highest BCUT2D eigenvalue weighted by Gasteiger charge is 2.20. The van der Waals surface area contributed by atoms with E-state index in [1.807, 2.05) is 0 Å². The molecule has 4 heterocycles. The first-order valence-corrected chi connectivity index (χ1v) is 10.6. The number of rotatable bonds is 5. The minimum absolute atomic E-state index is 0.158. The lowest BCUT2D eigenvalue weighted by molar-refractivity contribution is 0.425. The van der Waals surface area contributed by atoms with Crippen LogP contribution in [0.4, 0.5) is 15.9 Å². The van der Waals surface area contributed by atoms with Crippen LogP contribution >= 0.6 is 0 Å². The first kappa shape index (κ1) is 20.0. The van der Waals surface area contributed by atoms with Crippen LogP contribution in [0.1, 0.15) is 18.4 Å². The molecule has 4 N–H and O–H groups in total. The smallest absolute Gasteiger partial charge is 0.198 e. The lowest BCUT2D eigenvalue weighted by Gasteiger charge is -2.09. The third-order valence-corrected chi connectivity index (χ3v) is 5.48. The molecule has 0 unspecified atom stereocenters. The molecule has 1 fully saturated rings. The maximum absolute atomic E-state index is 14.9. The van der Waals surface area contributed by atoms with Crippen LogP contribution in [0.3, 0.4) is 0 Å². The number of aromatic amines is 1. The van der Waals surface area contributed by atoms with E-state index >= 15 is 0 Å². The Morgan fingerprint density at radius 2 is 2.09 bits per heavy atom. The van der Waals surface area contributed by atoms with E-state index in [0.29, 0.717) is 33.4 Å². The van der Waals surface area contributed by atoms with Gasteiger partial charge in [-0.25, -0.2) is 14.4 Å². The Kier molecular flexibility index (Phi) is 4.54. The first-order valence-electron chi connectivity index (χ1n) is 10.6. The van der Waals surface area contributed by atoms with Gasteiger partial charge in [0, 0.05) is 47.1 Å². The summed E-state index contributed by atoms with van der Waals surface area (Å²) in [7, 11) is 0. The minimum atomic E-state index is -0.443. The number of benzene rings is 1. The van der Waals surface area contributed by atoms with E-state index in [-0.39, 0.29) is 23.5 Å². The van der Waals surface area contributed by atoms with Crippen LogP contribution in [0.15, 0.2) is 60.2 Å². The molecule has 0 amide bonds. The van der Waals surface area contributed by atoms with Crippen LogP contribution in [-0.2, 0) is 0 Å². The van der Waals surface area contributed by atoms with Crippen molar-refractivity contribution in [3.8, 4) is 17.4 Å². The number of aromatic nitrogens is 6. The van der Waals surface area contributed by atoms with Crippen molar-refractivity contribution in [2.24, 2.45) is 4.99 Å². The highest BCUT2D eigenvalue weighted by atomic mass is 19.1. The molecule has 4 aromatic heterocycles. The number of hydrogen-bond acceptors (Lipinski definition) is 7. The third kappa shape index (κ3) is 3.72. The third-order valence-electron chi connectivity index (χ3n) is 5.48. The van der Waals surface area contributed by atoms with Crippen molar-refractivity contribution in [3.05, 3.63) is 77.3 Å². The van der Waals surface area contributed by atoms with Crippen LogP contribution in [0.5, 0.6) is 11.8 Å². The van der Waals surface area contributed by atoms with E-state index in [2.05, 4.69) is 25.4 Å². The number of aromatic hydroxyl groups is 2. The van der Waals surface area contributed by atoms with Crippen molar-refractivity contribution in [3.63, 3.8) is 0 Å². The lowest BCUT2D eigenvalue weighted by Crippen LogP contribution is -2.20. The van der Waals surface area contributed by atoms with Crippen molar-refractivity contribution in [2.45, 2.75) is 18.9 Å². The summed E-state index contributed by atoms with van der Waals surface area (Å²) < 4.78 is 18.2. The van der Waals surface area contributed by atoms with Gasteiger partial charge in [-0.05, 0) is 31.1 Å². The summed E-state index contributed by atoms with van der Waals surface area (Å²) >= 11 is 0. The molecule has 170 valence electrons. The maximum atomic E-state index is 14.9. The normalized spacial score (nSPS) is 14.9. The van der Waals surface area contributed by atoms with E-state index in [0.717, 1.165) is 12.8 Å². The van der Waals surface area contributed by atoms with Gasteiger partial charge in [0.2, 0.25) is 0 Å². The number of fused-ring (bicyclic) bond motifs is 1. The zero-order valence-electron chi connectivity index (χ0n) is 17.7. The molecule has 6 rings (SSSR count). The van der Waals surface area contributed by atoms with E-state index < -0.39 is 5.82 Å². The summed E-state index contributed by atoms with van der Waals surface area (Å²) in [6, 6.07) is 8.18. The molecule has 0 atom stereocenters. The van der Waals surface area contributed by atoms with Gasteiger partial charge in [-0.1, -0.05) is 0 Å². The summed E-state index contributed by atoms with van der Waals surface area (Å²) in [5.41, 5.74) is 2.35. The molecule has 5 aromatic rings. The summed E-state index contributed by atoms with van der Waals surface area (Å²) in [5.74, 6) is -0.373. The maximum Gasteiger partial charge on any atom is 0.198 e. The number of nitrogens with one attached hydrogen (secondary N) is 2. The average Bonchev–Trinajstić information content (AvgIpc) is 3.18. The largest absolute Gasteiger partial charge is 0.494 e. The molecule has 34 heavy (non-hydrogen) atoms. The second-order valence-corrected chi connectivity index (χ2v) is 8.06. The Labute approximate surface area is 191 Å². The molecule has 11 heteroatoms. The second kappa shape index (κ2) is 7.73. The van der Waals surface area contributed by atoms with Crippen LogP contribution in [0, 0.1) is 5.82 Å². The van der Waals surface area contributed by atoms with Gasteiger partial charge in [-0.2, -0.15) is 9.61 Å². The van der Waals surface area contributed by atoms with Crippen LogP contribution in [0.25, 0.3) is 17.4 Å². The quantitative estimate of drug-likeness (QED) is 0.320. The molecule has 0 spiro atoms. The van der Waals surface area contributed by atoms with Gasteiger partial charge in [0.1, 0.15) is 11.6 Å². The second-order valence-electron chi connectivity index (χ2n) is 8.06. The van der Waals surface area contributed by atoms with Gasteiger partial charge < -0.3 is 20.1 Å². The Hall–Kier alpha value is -4.67. The van der Waals surface area contributed by atoms with Gasteiger partial charge in [0.15, 0.2) is 22.9 Å². The Balaban J connectivity index is 1.44. The predicted octanol–water partition coefficient (Wildman–Crippen LogP) is 2.15. The Morgan fingerprint density at radius 1 is 1.21 bits per heavy atom. The zero-order valence-corrected chi connectivity index (χ0v) is 17.7. The molecule has 0 saturated heterocycles. The number of anilines is 2. The lowest BCUT2D eigenvalue weighted by atomic mass is 10.2. The molecule has 10 nitrogen and oxygen atoms in total. The number of halogens is 1. The van der Waals surface area contributed by atoms with E-state index in [1.165, 1.54) is 12.1 Å². The van der Waals surface area contributed by atoms with E-state index in [1.54, 1.807) is 58.3 Å². The highest BCUT2D eigenvalue weighted by molar-refractivity contribution is 5.64. The fourth-order valence-corrected chi connectivity index (χ4v) is 3.65. The minimum Gasteiger partial charge on any atom is -0.494 e. The number of imidazole rings is 1. The highest BCUT2D eigenvalue weighted by Crippen LogP contribution is 2.24. The first-order chi connectivity index (χ1) is 16.5. The SMILES string of the molecule is Oc1cc(C=c2cnn3c(=NC4CC4)cc(Nc4ccc(-n5ccnc5)cc4F)nc23)c(O)[nH]1. The molecule has 0 radical (unpaired) electrons. The monoisotopic (exact) mass is 458 g/mol.